The molecule has 112 valence electrons. The topological polar surface area (TPSA) is 31.4 Å². The summed E-state index contributed by atoms with van der Waals surface area (Å²) in [4.78, 5) is 4.26. The predicted octanol–water partition coefficient (Wildman–Crippen LogP) is 6.74. The summed E-state index contributed by atoms with van der Waals surface area (Å²) in [7, 11) is 1.50. The van der Waals surface area contributed by atoms with Gasteiger partial charge in [-0.2, -0.15) is 0 Å². The van der Waals surface area contributed by atoms with Crippen molar-refractivity contribution in [1.29, 1.82) is 0 Å². The number of pyridine rings is 1. The quantitative estimate of drug-likeness (QED) is 0.418. The summed E-state index contributed by atoms with van der Waals surface area (Å²) in [6.45, 7) is 0. The SMILES string of the molecule is COc1nc(C(Br)Br)cc(Oc2cc(Cl)cc(Br)c2)c1Cl. The highest BCUT2D eigenvalue weighted by Gasteiger charge is 2.17. The highest BCUT2D eigenvalue weighted by molar-refractivity contribution is 9.24. The lowest BCUT2D eigenvalue weighted by Crippen LogP contribution is -1.97. The van der Waals surface area contributed by atoms with Gasteiger partial charge >= 0.3 is 0 Å². The summed E-state index contributed by atoms with van der Waals surface area (Å²) in [6, 6.07) is 6.96. The van der Waals surface area contributed by atoms with Gasteiger partial charge in [0, 0.05) is 15.6 Å². The van der Waals surface area contributed by atoms with Gasteiger partial charge in [-0.1, -0.05) is 71.0 Å². The molecule has 0 aliphatic rings. The molecule has 0 spiro atoms. The van der Waals surface area contributed by atoms with Crippen molar-refractivity contribution in [1.82, 2.24) is 4.98 Å². The van der Waals surface area contributed by atoms with Gasteiger partial charge in [0.1, 0.15) is 14.5 Å². The van der Waals surface area contributed by atoms with Crippen LogP contribution in [0.1, 0.15) is 9.43 Å². The molecule has 0 aliphatic heterocycles. The summed E-state index contributed by atoms with van der Waals surface area (Å²) in [5.41, 5.74) is 0.673. The van der Waals surface area contributed by atoms with Crippen LogP contribution in [0.3, 0.4) is 0 Å². The maximum absolute atomic E-state index is 6.23. The van der Waals surface area contributed by atoms with E-state index in [0.29, 0.717) is 22.2 Å². The zero-order valence-corrected chi connectivity index (χ0v) is 16.8. The van der Waals surface area contributed by atoms with Crippen LogP contribution in [0, 0.1) is 0 Å². The minimum atomic E-state index is -0.149. The third kappa shape index (κ3) is 4.48. The molecule has 8 heteroatoms. The molecule has 3 nitrogen and oxygen atoms in total. The second-order valence-electron chi connectivity index (χ2n) is 3.88. The Kier molecular flexibility index (Phi) is 6.20. The van der Waals surface area contributed by atoms with Crippen molar-refractivity contribution in [2.75, 3.05) is 7.11 Å². The zero-order chi connectivity index (χ0) is 15.6. The Morgan fingerprint density at radius 2 is 1.86 bits per heavy atom. The van der Waals surface area contributed by atoms with Crippen molar-refractivity contribution in [2.45, 2.75) is 3.74 Å². The van der Waals surface area contributed by atoms with Crippen molar-refractivity contribution in [3.05, 3.63) is 44.5 Å². The van der Waals surface area contributed by atoms with E-state index in [4.69, 9.17) is 32.7 Å². The van der Waals surface area contributed by atoms with Gasteiger partial charge in [-0.25, -0.2) is 4.98 Å². The number of benzene rings is 1. The molecule has 2 aromatic rings. The lowest BCUT2D eigenvalue weighted by Gasteiger charge is -2.13. The maximum atomic E-state index is 6.23. The Balaban J connectivity index is 2.45. The number of hydrogen-bond acceptors (Lipinski definition) is 3. The third-order valence-corrected chi connectivity index (χ3v) is 4.36. The highest BCUT2D eigenvalue weighted by atomic mass is 79.9. The Morgan fingerprint density at radius 1 is 1.14 bits per heavy atom. The first-order valence-corrected chi connectivity index (χ1v) is 8.95. The van der Waals surface area contributed by atoms with E-state index in [1.807, 2.05) is 0 Å². The molecule has 0 saturated carbocycles. The molecule has 0 saturated heterocycles. The van der Waals surface area contributed by atoms with Gasteiger partial charge in [-0.15, -0.1) is 0 Å². The van der Waals surface area contributed by atoms with Crippen molar-refractivity contribution >= 4 is 71.0 Å². The second-order valence-corrected chi connectivity index (χ2v) is 8.67. The number of halogens is 5. The number of rotatable bonds is 4. The van der Waals surface area contributed by atoms with E-state index in [9.17, 15) is 0 Å². The van der Waals surface area contributed by atoms with Crippen LogP contribution in [0.25, 0.3) is 0 Å². The second kappa shape index (κ2) is 7.51. The third-order valence-electron chi connectivity index (χ3n) is 2.39. The van der Waals surface area contributed by atoms with Gasteiger partial charge in [0.25, 0.3) is 0 Å². The van der Waals surface area contributed by atoms with Gasteiger partial charge in [-0.3, -0.25) is 0 Å². The molecule has 1 aromatic carbocycles. The van der Waals surface area contributed by atoms with Gasteiger partial charge in [-0.05, 0) is 18.2 Å². The van der Waals surface area contributed by atoms with Crippen molar-refractivity contribution in [3.8, 4) is 17.4 Å². The molecule has 0 radical (unpaired) electrons. The standard InChI is InChI=1S/C13H8Br3Cl2NO2/c1-20-13-11(18)10(5-9(19-13)12(15)16)21-8-3-6(14)2-7(17)4-8/h2-5,12H,1H3. The fourth-order valence-corrected chi connectivity index (χ4v) is 3.05. The van der Waals surface area contributed by atoms with Crippen LogP contribution in [0.2, 0.25) is 10.0 Å². The molecule has 0 aliphatic carbocycles. The van der Waals surface area contributed by atoms with E-state index in [2.05, 4.69) is 52.8 Å². The van der Waals surface area contributed by atoms with E-state index < -0.39 is 0 Å². The molecule has 1 heterocycles. The van der Waals surface area contributed by atoms with Gasteiger partial charge in [0.05, 0.1) is 12.8 Å². The zero-order valence-electron chi connectivity index (χ0n) is 10.5. The number of ether oxygens (including phenoxy) is 2. The largest absolute Gasteiger partial charge is 0.480 e. The monoisotopic (exact) mass is 517 g/mol. The van der Waals surface area contributed by atoms with Crippen molar-refractivity contribution in [2.24, 2.45) is 0 Å². The number of aromatic nitrogens is 1. The predicted molar refractivity (Wildman–Crippen MR) is 95.6 cm³/mol. The Labute approximate surface area is 157 Å². The molecule has 2 rings (SSSR count). The van der Waals surface area contributed by atoms with Crippen LogP contribution >= 0.6 is 71.0 Å². The van der Waals surface area contributed by atoms with E-state index in [-0.39, 0.29) is 14.6 Å². The lowest BCUT2D eigenvalue weighted by molar-refractivity contribution is 0.391. The van der Waals surface area contributed by atoms with E-state index >= 15 is 0 Å². The van der Waals surface area contributed by atoms with Gasteiger partial charge in [0.15, 0.2) is 5.75 Å². The average Bonchev–Trinajstić information content (AvgIpc) is 2.39. The fourth-order valence-electron chi connectivity index (χ4n) is 1.54. The first kappa shape index (κ1) is 17.3. The van der Waals surface area contributed by atoms with E-state index in [1.165, 1.54) is 7.11 Å². The molecule has 0 atom stereocenters. The summed E-state index contributed by atoms with van der Waals surface area (Å²) >= 11 is 22.4. The van der Waals surface area contributed by atoms with E-state index in [0.717, 1.165) is 4.47 Å². The van der Waals surface area contributed by atoms with Crippen LogP contribution in [0.5, 0.6) is 17.4 Å². The first-order valence-electron chi connectivity index (χ1n) is 5.57. The van der Waals surface area contributed by atoms with E-state index in [1.54, 1.807) is 24.3 Å². The number of nitrogens with zero attached hydrogens (tertiary/aromatic N) is 1. The minimum absolute atomic E-state index is 0.149. The Hall–Kier alpha value is -0.0100. The number of alkyl halides is 2. The average molecular weight is 521 g/mol. The lowest BCUT2D eigenvalue weighted by atomic mass is 10.3. The molecule has 0 bridgehead atoms. The number of methoxy groups -OCH3 is 1. The van der Waals surface area contributed by atoms with Gasteiger partial charge < -0.3 is 9.47 Å². The highest BCUT2D eigenvalue weighted by Crippen LogP contribution is 2.40. The van der Waals surface area contributed by atoms with Crippen LogP contribution in [0.15, 0.2) is 28.7 Å². The molecular formula is C13H8Br3Cl2NO2. The molecule has 0 amide bonds. The van der Waals surface area contributed by atoms with Crippen LogP contribution < -0.4 is 9.47 Å². The fraction of sp³-hybridized carbons (Fsp3) is 0.154. The molecule has 0 N–H and O–H groups in total. The molecule has 0 fully saturated rings. The van der Waals surface area contributed by atoms with Crippen molar-refractivity contribution in [3.63, 3.8) is 0 Å². The summed E-state index contributed by atoms with van der Waals surface area (Å²) in [5.74, 6) is 1.27. The Bertz CT molecular complexity index is 648. The maximum Gasteiger partial charge on any atom is 0.236 e. The molecule has 1 aromatic heterocycles. The summed E-state index contributed by atoms with van der Waals surface area (Å²) in [5, 5.41) is 0.841. The molecule has 21 heavy (non-hydrogen) atoms. The van der Waals surface area contributed by atoms with Crippen LogP contribution in [-0.4, -0.2) is 12.1 Å². The smallest absolute Gasteiger partial charge is 0.236 e. The van der Waals surface area contributed by atoms with Crippen molar-refractivity contribution < 1.29 is 9.47 Å². The Morgan fingerprint density at radius 3 is 2.43 bits per heavy atom. The first-order chi connectivity index (χ1) is 9.90. The normalized spacial score (nSPS) is 10.8. The van der Waals surface area contributed by atoms with Crippen LogP contribution in [0.4, 0.5) is 0 Å². The minimum Gasteiger partial charge on any atom is -0.480 e. The molecular weight excluding hydrogens is 513 g/mol. The van der Waals surface area contributed by atoms with Crippen LogP contribution in [-0.2, 0) is 0 Å². The summed E-state index contributed by atoms with van der Waals surface area (Å²) < 4.78 is 11.6. The summed E-state index contributed by atoms with van der Waals surface area (Å²) in [6.07, 6.45) is 0. The van der Waals surface area contributed by atoms with Gasteiger partial charge in [0.2, 0.25) is 5.88 Å². The molecule has 0 unspecified atom stereocenters. The number of hydrogen-bond donors (Lipinski definition) is 0.